The van der Waals surface area contributed by atoms with Crippen LogP contribution in [0, 0.1) is 11.3 Å². The first kappa shape index (κ1) is 23.6. The summed E-state index contributed by atoms with van der Waals surface area (Å²) in [6, 6.07) is 6.36. The Bertz CT molecular complexity index is 674. The summed E-state index contributed by atoms with van der Waals surface area (Å²) in [6.07, 6.45) is 9.70. The molecule has 1 aliphatic rings. The number of hydrogen-bond acceptors (Lipinski definition) is 0. The van der Waals surface area contributed by atoms with Gasteiger partial charge in [-0.1, -0.05) is 60.8 Å². The van der Waals surface area contributed by atoms with Gasteiger partial charge in [0.05, 0.1) is 24.1 Å². The van der Waals surface area contributed by atoms with Crippen LogP contribution in [0.1, 0.15) is 46.1 Å². The highest BCUT2D eigenvalue weighted by Crippen LogP contribution is 2.41. The molecule has 2 atom stereocenters. The number of hydrogen-bond donors (Lipinski definition) is 0. The maximum atomic E-state index is 6.17. The molecular weight excluding hydrogens is 385 g/mol. The SMILES string of the molecule is CC1=CCCC(C)(C)C1C=CC(C)[N+](C)(C)Cc1ccc(Cl)c(Cl)c1.[Cl-]. The average Bonchev–Trinajstić information content (AvgIpc) is 2.49. The standard InChI is InChI=1S/C22H32Cl2N.ClH/c1-16-8-7-13-22(3,4)19(16)11-9-17(2)25(5,6)15-18-10-12-20(23)21(24)14-18;/h8-12,14,17,19H,7,13,15H2,1-6H3;1H/q+1;/p-1. The number of rotatable bonds is 5. The van der Waals surface area contributed by atoms with E-state index in [2.05, 4.69) is 66.1 Å². The van der Waals surface area contributed by atoms with Crippen molar-refractivity contribution in [3.8, 4) is 0 Å². The molecule has 0 bridgehead atoms. The summed E-state index contributed by atoms with van der Waals surface area (Å²) in [5.41, 5.74) is 3.07. The van der Waals surface area contributed by atoms with Crippen molar-refractivity contribution in [2.45, 2.75) is 53.1 Å². The molecule has 0 saturated heterocycles. The van der Waals surface area contributed by atoms with E-state index in [4.69, 9.17) is 23.2 Å². The Hall–Kier alpha value is -0.470. The molecule has 0 spiro atoms. The molecule has 0 amide bonds. The van der Waals surface area contributed by atoms with Gasteiger partial charge in [0, 0.05) is 11.5 Å². The second-order valence-corrected chi connectivity index (χ2v) is 9.58. The van der Waals surface area contributed by atoms with Crippen LogP contribution in [0.5, 0.6) is 0 Å². The Morgan fingerprint density at radius 2 is 1.88 bits per heavy atom. The van der Waals surface area contributed by atoms with Crippen LogP contribution in [0.2, 0.25) is 10.0 Å². The number of nitrogens with zero attached hydrogens (tertiary/aromatic N) is 1. The molecule has 2 unspecified atom stereocenters. The number of quaternary nitrogens is 1. The van der Waals surface area contributed by atoms with Crippen LogP contribution in [0.25, 0.3) is 0 Å². The van der Waals surface area contributed by atoms with Gasteiger partial charge < -0.3 is 16.9 Å². The molecule has 26 heavy (non-hydrogen) atoms. The Morgan fingerprint density at radius 3 is 2.46 bits per heavy atom. The molecule has 1 aromatic carbocycles. The van der Waals surface area contributed by atoms with Gasteiger partial charge in [-0.3, -0.25) is 0 Å². The minimum atomic E-state index is 0. The zero-order valence-electron chi connectivity index (χ0n) is 16.8. The lowest BCUT2D eigenvalue weighted by Crippen LogP contribution is -3.00. The van der Waals surface area contributed by atoms with E-state index >= 15 is 0 Å². The molecule has 1 aromatic rings. The van der Waals surface area contributed by atoms with Gasteiger partial charge >= 0.3 is 0 Å². The topological polar surface area (TPSA) is 0 Å². The van der Waals surface area contributed by atoms with Gasteiger partial charge in [0.2, 0.25) is 0 Å². The Morgan fingerprint density at radius 1 is 1.23 bits per heavy atom. The fourth-order valence-corrected chi connectivity index (χ4v) is 4.06. The molecule has 0 radical (unpaired) electrons. The monoisotopic (exact) mass is 415 g/mol. The summed E-state index contributed by atoms with van der Waals surface area (Å²) in [7, 11) is 4.54. The molecule has 2 rings (SSSR count). The fourth-order valence-electron chi connectivity index (χ4n) is 3.74. The molecule has 1 aliphatic carbocycles. The van der Waals surface area contributed by atoms with Gasteiger partial charge in [-0.05, 0) is 50.3 Å². The third kappa shape index (κ3) is 5.76. The van der Waals surface area contributed by atoms with Crippen molar-refractivity contribution in [2.24, 2.45) is 11.3 Å². The van der Waals surface area contributed by atoms with Crippen molar-refractivity contribution in [1.82, 2.24) is 0 Å². The lowest BCUT2D eigenvalue weighted by Gasteiger charge is -2.38. The van der Waals surface area contributed by atoms with E-state index in [0.717, 1.165) is 11.0 Å². The van der Waals surface area contributed by atoms with Crippen molar-refractivity contribution < 1.29 is 16.9 Å². The first-order valence-corrected chi connectivity index (χ1v) is 9.90. The van der Waals surface area contributed by atoms with Crippen LogP contribution in [-0.4, -0.2) is 24.6 Å². The maximum absolute atomic E-state index is 6.17. The van der Waals surface area contributed by atoms with E-state index in [0.29, 0.717) is 27.4 Å². The summed E-state index contributed by atoms with van der Waals surface area (Å²) < 4.78 is 0.879. The minimum Gasteiger partial charge on any atom is -1.00 e. The van der Waals surface area contributed by atoms with Gasteiger partial charge in [-0.25, -0.2) is 0 Å². The lowest BCUT2D eigenvalue weighted by molar-refractivity contribution is -0.919. The van der Waals surface area contributed by atoms with Crippen molar-refractivity contribution in [3.05, 3.63) is 57.6 Å². The van der Waals surface area contributed by atoms with Crippen molar-refractivity contribution in [2.75, 3.05) is 14.1 Å². The molecule has 0 N–H and O–H groups in total. The van der Waals surface area contributed by atoms with Crippen LogP contribution in [-0.2, 0) is 6.54 Å². The van der Waals surface area contributed by atoms with Crippen molar-refractivity contribution in [3.63, 3.8) is 0 Å². The van der Waals surface area contributed by atoms with E-state index in [1.807, 2.05) is 12.1 Å². The largest absolute Gasteiger partial charge is 1.00 e. The number of likely N-dealkylation sites (N-methyl/N-ethyl adjacent to an activating group) is 1. The molecule has 0 aliphatic heterocycles. The molecule has 146 valence electrons. The Kier molecular flexibility index (Phi) is 8.29. The first-order valence-electron chi connectivity index (χ1n) is 9.14. The third-order valence-corrected chi connectivity index (χ3v) is 6.59. The first-order chi connectivity index (χ1) is 11.5. The summed E-state index contributed by atoms with van der Waals surface area (Å²) in [5, 5.41) is 1.25. The molecular formula is C22H32Cl3N. The molecule has 1 nitrogen and oxygen atoms in total. The zero-order valence-corrected chi connectivity index (χ0v) is 19.1. The quantitative estimate of drug-likeness (QED) is 0.504. The van der Waals surface area contributed by atoms with Gasteiger partial charge in [-0.15, -0.1) is 0 Å². The second kappa shape index (κ2) is 9.15. The van der Waals surface area contributed by atoms with Crippen LogP contribution in [0.15, 0.2) is 42.0 Å². The highest BCUT2D eigenvalue weighted by Gasteiger charge is 2.31. The smallest absolute Gasteiger partial charge is 0.105 e. The van der Waals surface area contributed by atoms with Gasteiger partial charge in [0.15, 0.2) is 0 Å². The van der Waals surface area contributed by atoms with Crippen LogP contribution in [0.3, 0.4) is 0 Å². The van der Waals surface area contributed by atoms with Crippen LogP contribution >= 0.6 is 23.2 Å². The normalized spacial score (nSPS) is 21.2. The summed E-state index contributed by atoms with van der Waals surface area (Å²) in [6.45, 7) is 10.3. The molecule has 0 saturated carbocycles. The maximum Gasteiger partial charge on any atom is 0.105 e. The predicted molar refractivity (Wildman–Crippen MR) is 111 cm³/mol. The van der Waals surface area contributed by atoms with Gasteiger partial charge in [0.1, 0.15) is 12.6 Å². The van der Waals surface area contributed by atoms with Gasteiger partial charge in [0.25, 0.3) is 0 Å². The zero-order chi connectivity index (χ0) is 18.8. The molecule has 0 aromatic heterocycles. The highest BCUT2D eigenvalue weighted by atomic mass is 35.5. The number of benzene rings is 1. The highest BCUT2D eigenvalue weighted by molar-refractivity contribution is 6.42. The average molecular weight is 417 g/mol. The Balaban J connectivity index is 0.00000338. The fraction of sp³-hybridized carbons (Fsp3) is 0.545. The number of allylic oxidation sites excluding steroid dienone is 3. The van der Waals surface area contributed by atoms with Crippen LogP contribution in [0.4, 0.5) is 0 Å². The van der Waals surface area contributed by atoms with Gasteiger partial charge in [-0.2, -0.15) is 0 Å². The van der Waals surface area contributed by atoms with E-state index in [1.54, 1.807) is 0 Å². The van der Waals surface area contributed by atoms with E-state index in [1.165, 1.54) is 24.0 Å². The second-order valence-electron chi connectivity index (χ2n) is 8.76. The summed E-state index contributed by atoms with van der Waals surface area (Å²) in [5.74, 6) is 0.536. The molecule has 0 fully saturated rings. The van der Waals surface area contributed by atoms with E-state index in [-0.39, 0.29) is 12.4 Å². The van der Waals surface area contributed by atoms with Crippen LogP contribution < -0.4 is 12.4 Å². The molecule has 0 heterocycles. The third-order valence-electron chi connectivity index (χ3n) is 5.85. The van der Waals surface area contributed by atoms with Crippen molar-refractivity contribution in [1.29, 1.82) is 0 Å². The Labute approximate surface area is 176 Å². The van der Waals surface area contributed by atoms with E-state index < -0.39 is 0 Å². The number of halogens is 3. The summed E-state index contributed by atoms with van der Waals surface area (Å²) in [4.78, 5) is 0. The predicted octanol–water partition coefficient (Wildman–Crippen LogP) is 3.90. The van der Waals surface area contributed by atoms with Crippen molar-refractivity contribution >= 4 is 23.2 Å². The minimum absolute atomic E-state index is 0. The lowest BCUT2D eigenvalue weighted by atomic mass is 9.68. The molecule has 4 heteroatoms. The summed E-state index contributed by atoms with van der Waals surface area (Å²) >= 11 is 12.2. The van der Waals surface area contributed by atoms with E-state index in [9.17, 15) is 0 Å².